The molecule has 4 aromatic rings. The van der Waals surface area contributed by atoms with Crippen LogP contribution in [0.1, 0.15) is 15.9 Å². The van der Waals surface area contributed by atoms with Gasteiger partial charge in [-0.1, -0.05) is 18.2 Å². The van der Waals surface area contributed by atoms with Crippen molar-refractivity contribution in [3.8, 4) is 11.1 Å². The van der Waals surface area contributed by atoms with Gasteiger partial charge in [-0.2, -0.15) is 0 Å². The number of aryl methyl sites for hydroxylation is 1. The van der Waals surface area contributed by atoms with Gasteiger partial charge in [0.05, 0.1) is 11.1 Å². The number of fused-ring (bicyclic) bond motifs is 1. The van der Waals surface area contributed by atoms with Crippen LogP contribution in [-0.4, -0.2) is 73.3 Å². The topological polar surface area (TPSA) is 99.3 Å². The molecule has 0 spiro atoms. The first-order valence-corrected chi connectivity index (χ1v) is 13.2. The minimum atomic E-state index is -3.89. The van der Waals surface area contributed by atoms with Crippen LogP contribution in [-0.2, 0) is 9.84 Å². The van der Waals surface area contributed by atoms with Gasteiger partial charge in [0.1, 0.15) is 5.52 Å². The van der Waals surface area contributed by atoms with Crippen molar-refractivity contribution in [1.29, 1.82) is 0 Å². The fraction of sp³-hybridized carbons (Fsp3) is 0.240. The van der Waals surface area contributed by atoms with E-state index in [4.69, 9.17) is 0 Å². The standard InChI is InChI=1S/C25H26BrN5O3S/c1-16-5-10-20(26)21(13-16)35(33,34)22-15-28-24-23(29-22)19(14-27-24)17-6-8-18(9-7-17)25(32)31(4)12-11-30(2)3/h5-10,13-15H,11-12H2,1-4H3,(H,27,28). The molecule has 0 radical (unpaired) electrons. The maximum atomic E-state index is 13.3. The predicted octanol–water partition coefficient (Wildman–Crippen LogP) is 4.16. The molecule has 8 nitrogen and oxygen atoms in total. The van der Waals surface area contributed by atoms with Gasteiger partial charge in [0.15, 0.2) is 10.7 Å². The summed E-state index contributed by atoms with van der Waals surface area (Å²) in [5, 5.41) is -0.133. The first-order valence-electron chi connectivity index (χ1n) is 10.9. The van der Waals surface area contributed by atoms with E-state index >= 15 is 0 Å². The molecule has 0 aliphatic rings. The minimum absolute atomic E-state index is 0.0609. The van der Waals surface area contributed by atoms with Crippen LogP contribution in [0.4, 0.5) is 0 Å². The number of hydrogen-bond donors (Lipinski definition) is 1. The minimum Gasteiger partial charge on any atom is -0.344 e. The maximum absolute atomic E-state index is 13.3. The van der Waals surface area contributed by atoms with Crippen LogP contribution in [0.5, 0.6) is 0 Å². The Labute approximate surface area is 213 Å². The van der Waals surface area contributed by atoms with Gasteiger partial charge in [-0.05, 0) is 72.3 Å². The Hall–Kier alpha value is -3.08. The number of benzene rings is 2. The van der Waals surface area contributed by atoms with E-state index in [1.165, 1.54) is 6.20 Å². The number of aromatic amines is 1. The summed E-state index contributed by atoms with van der Waals surface area (Å²) in [6.45, 7) is 3.23. The smallest absolute Gasteiger partial charge is 0.253 e. The molecule has 35 heavy (non-hydrogen) atoms. The summed E-state index contributed by atoms with van der Waals surface area (Å²) < 4.78 is 27.1. The zero-order valence-electron chi connectivity index (χ0n) is 19.9. The number of aromatic nitrogens is 3. The van der Waals surface area contributed by atoms with Crippen molar-refractivity contribution in [2.24, 2.45) is 0 Å². The van der Waals surface area contributed by atoms with E-state index in [2.05, 4.69) is 30.9 Å². The molecule has 0 atom stereocenters. The third kappa shape index (κ3) is 5.14. The number of carbonyl (C=O) groups excluding carboxylic acids is 1. The van der Waals surface area contributed by atoms with E-state index in [1.807, 2.05) is 44.1 Å². The summed E-state index contributed by atoms with van der Waals surface area (Å²) in [7, 11) is 1.83. The molecule has 0 bridgehead atoms. The largest absolute Gasteiger partial charge is 0.344 e. The highest BCUT2D eigenvalue weighted by molar-refractivity contribution is 9.10. The third-order valence-corrected chi connectivity index (χ3v) is 8.30. The molecule has 0 saturated carbocycles. The number of rotatable bonds is 7. The van der Waals surface area contributed by atoms with Crippen LogP contribution >= 0.6 is 15.9 Å². The zero-order valence-corrected chi connectivity index (χ0v) is 22.3. The summed E-state index contributed by atoms with van der Waals surface area (Å²) in [6.07, 6.45) is 3.00. The molecule has 2 aromatic heterocycles. The van der Waals surface area contributed by atoms with Gasteiger partial charge >= 0.3 is 0 Å². The average Bonchev–Trinajstić information content (AvgIpc) is 3.27. The molecule has 0 fully saturated rings. The first kappa shape index (κ1) is 25.0. The highest BCUT2D eigenvalue weighted by atomic mass is 79.9. The van der Waals surface area contributed by atoms with Gasteiger partial charge in [0.25, 0.3) is 5.91 Å². The van der Waals surface area contributed by atoms with Crippen LogP contribution in [0.3, 0.4) is 0 Å². The molecule has 2 aromatic carbocycles. The van der Waals surface area contributed by atoms with E-state index in [0.29, 0.717) is 33.3 Å². The van der Waals surface area contributed by atoms with Crippen molar-refractivity contribution in [3.05, 3.63) is 70.5 Å². The molecule has 0 saturated heterocycles. The van der Waals surface area contributed by atoms with E-state index in [9.17, 15) is 13.2 Å². The number of likely N-dealkylation sites (N-methyl/N-ethyl adjacent to an activating group) is 2. The van der Waals surface area contributed by atoms with Crippen LogP contribution < -0.4 is 0 Å². The number of halogens is 1. The van der Waals surface area contributed by atoms with Gasteiger partial charge in [0.2, 0.25) is 9.84 Å². The Bertz CT molecular complexity index is 1500. The lowest BCUT2D eigenvalue weighted by Crippen LogP contribution is -2.33. The quantitative estimate of drug-likeness (QED) is 0.367. The van der Waals surface area contributed by atoms with E-state index in [-0.39, 0.29) is 15.8 Å². The van der Waals surface area contributed by atoms with E-state index in [0.717, 1.165) is 17.7 Å². The summed E-state index contributed by atoms with van der Waals surface area (Å²) in [5.74, 6) is -0.0609. The molecule has 1 N–H and O–H groups in total. The molecule has 4 rings (SSSR count). The maximum Gasteiger partial charge on any atom is 0.253 e. The number of sulfone groups is 1. The Balaban J connectivity index is 1.67. The Morgan fingerprint density at radius 2 is 1.77 bits per heavy atom. The lowest BCUT2D eigenvalue weighted by molar-refractivity contribution is 0.0786. The van der Waals surface area contributed by atoms with Crippen molar-refractivity contribution < 1.29 is 13.2 Å². The first-order chi connectivity index (χ1) is 16.6. The highest BCUT2D eigenvalue weighted by Crippen LogP contribution is 2.31. The predicted molar refractivity (Wildman–Crippen MR) is 139 cm³/mol. The van der Waals surface area contributed by atoms with E-state index < -0.39 is 9.84 Å². The fourth-order valence-electron chi connectivity index (χ4n) is 3.62. The monoisotopic (exact) mass is 555 g/mol. The molecule has 182 valence electrons. The average molecular weight is 556 g/mol. The van der Waals surface area contributed by atoms with Crippen LogP contribution in [0.2, 0.25) is 0 Å². The highest BCUT2D eigenvalue weighted by Gasteiger charge is 2.24. The molecule has 10 heteroatoms. The van der Waals surface area contributed by atoms with Gasteiger partial charge in [0, 0.05) is 41.9 Å². The number of carbonyl (C=O) groups is 1. The molecule has 1 amide bonds. The van der Waals surface area contributed by atoms with Gasteiger partial charge in [-0.3, -0.25) is 4.79 Å². The van der Waals surface area contributed by atoms with Crippen molar-refractivity contribution >= 4 is 42.8 Å². The summed E-state index contributed by atoms with van der Waals surface area (Å²) in [6, 6.07) is 12.3. The van der Waals surface area contributed by atoms with E-state index in [1.54, 1.807) is 42.4 Å². The molecule has 0 aliphatic heterocycles. The number of amides is 1. The lowest BCUT2D eigenvalue weighted by Gasteiger charge is -2.19. The molecule has 0 aliphatic carbocycles. The summed E-state index contributed by atoms with van der Waals surface area (Å²) >= 11 is 3.34. The van der Waals surface area contributed by atoms with Crippen molar-refractivity contribution in [3.63, 3.8) is 0 Å². The second-order valence-electron chi connectivity index (χ2n) is 8.65. The van der Waals surface area contributed by atoms with Crippen molar-refractivity contribution in [1.82, 2.24) is 24.8 Å². The zero-order chi connectivity index (χ0) is 25.3. The van der Waals surface area contributed by atoms with Crippen LogP contribution in [0.25, 0.3) is 22.3 Å². The number of hydrogen-bond acceptors (Lipinski definition) is 6. The molecule has 0 unspecified atom stereocenters. The van der Waals surface area contributed by atoms with Gasteiger partial charge < -0.3 is 14.8 Å². The van der Waals surface area contributed by atoms with Crippen LogP contribution in [0.15, 0.2) is 69.3 Å². The van der Waals surface area contributed by atoms with Gasteiger partial charge in [-0.25, -0.2) is 18.4 Å². The summed E-state index contributed by atoms with van der Waals surface area (Å²) in [4.78, 5) is 28.4. The second kappa shape index (κ2) is 9.88. The SMILES string of the molecule is Cc1ccc(Br)c(S(=O)(=O)c2cnc3[nH]cc(-c4ccc(C(=O)N(C)CCN(C)C)cc4)c3n2)c1. The molecular weight excluding hydrogens is 530 g/mol. The third-order valence-electron chi connectivity index (χ3n) is 5.68. The normalized spacial score (nSPS) is 11.8. The Kier molecular flexibility index (Phi) is 7.07. The Morgan fingerprint density at radius 1 is 1.06 bits per heavy atom. The fourth-order valence-corrected chi connectivity index (χ4v) is 5.80. The number of nitrogens with zero attached hydrogens (tertiary/aromatic N) is 4. The number of H-pyrrole nitrogens is 1. The number of nitrogens with one attached hydrogen (secondary N) is 1. The van der Waals surface area contributed by atoms with Gasteiger partial charge in [-0.15, -0.1) is 0 Å². The molecule has 2 heterocycles. The van der Waals surface area contributed by atoms with Crippen molar-refractivity contribution in [2.75, 3.05) is 34.2 Å². The van der Waals surface area contributed by atoms with Crippen molar-refractivity contribution in [2.45, 2.75) is 16.8 Å². The Morgan fingerprint density at radius 3 is 2.46 bits per heavy atom. The molecular formula is C25H26BrN5O3S. The lowest BCUT2D eigenvalue weighted by atomic mass is 10.1. The van der Waals surface area contributed by atoms with Crippen LogP contribution in [0, 0.1) is 6.92 Å². The second-order valence-corrected chi connectivity index (χ2v) is 11.4. The summed E-state index contributed by atoms with van der Waals surface area (Å²) in [5.41, 5.74) is 3.82.